The van der Waals surface area contributed by atoms with E-state index in [-0.39, 0.29) is 0 Å². The summed E-state index contributed by atoms with van der Waals surface area (Å²) in [5, 5.41) is 6.53. The van der Waals surface area contributed by atoms with Gasteiger partial charge in [-0.2, -0.15) is 0 Å². The van der Waals surface area contributed by atoms with Gasteiger partial charge in [0.2, 0.25) is 0 Å². The lowest BCUT2D eigenvalue weighted by molar-refractivity contribution is 0.668. The minimum absolute atomic E-state index is 0.589. The number of furan rings is 2. The van der Waals surface area contributed by atoms with Gasteiger partial charge in [0.1, 0.15) is 22.3 Å². The van der Waals surface area contributed by atoms with Crippen molar-refractivity contribution in [2.45, 2.75) is 12.8 Å². The van der Waals surface area contributed by atoms with E-state index in [1.807, 2.05) is 42.5 Å². The minimum Gasteiger partial charge on any atom is -0.456 e. The predicted molar refractivity (Wildman–Crippen MR) is 195 cm³/mol. The summed E-state index contributed by atoms with van der Waals surface area (Å²) in [6.07, 6.45) is 8.46. The number of nitrogens with zero attached hydrogens (tertiary/aromatic N) is 3. The molecule has 5 nitrogen and oxygen atoms in total. The first-order valence-corrected chi connectivity index (χ1v) is 16.3. The molecular weight excluding hydrogens is 590 g/mol. The molecule has 48 heavy (non-hydrogen) atoms. The Morgan fingerprint density at radius 1 is 0.479 bits per heavy atom. The van der Waals surface area contributed by atoms with Gasteiger partial charge in [0.05, 0.1) is 0 Å². The Balaban J connectivity index is 1.27. The summed E-state index contributed by atoms with van der Waals surface area (Å²) < 4.78 is 12.7. The molecule has 0 radical (unpaired) electrons. The standard InChI is InChI=1S/C43H27N3O2/c1-2-11-27(12-3-1)41-44-42(30-20-21-33-32-14-6-8-16-35(32)48-38(33)25-30)46-43(45-41)40-31(29-19-18-26-10-4-5-13-28(26)24-29)22-23-37-39(40)34-15-7-9-17-36(34)47-37/h2,4-25H,1,3H2. The van der Waals surface area contributed by atoms with Gasteiger partial charge in [0.25, 0.3) is 0 Å². The van der Waals surface area contributed by atoms with Crippen molar-refractivity contribution < 1.29 is 8.83 Å². The lowest BCUT2D eigenvalue weighted by atomic mass is 9.93. The number of hydrogen-bond donors (Lipinski definition) is 0. The normalized spacial score (nSPS) is 13.3. The van der Waals surface area contributed by atoms with Gasteiger partial charge < -0.3 is 8.83 Å². The molecule has 9 aromatic rings. The first-order valence-electron chi connectivity index (χ1n) is 16.3. The van der Waals surface area contributed by atoms with Gasteiger partial charge >= 0.3 is 0 Å². The van der Waals surface area contributed by atoms with Crippen molar-refractivity contribution in [3.8, 4) is 33.9 Å². The van der Waals surface area contributed by atoms with Gasteiger partial charge in [-0.15, -0.1) is 0 Å². The smallest absolute Gasteiger partial charge is 0.165 e. The lowest BCUT2D eigenvalue weighted by Gasteiger charge is -2.14. The molecule has 0 spiro atoms. The van der Waals surface area contributed by atoms with E-state index in [0.29, 0.717) is 17.5 Å². The molecule has 10 rings (SSSR count). The molecule has 6 aromatic carbocycles. The van der Waals surface area contributed by atoms with Crippen LogP contribution in [-0.2, 0) is 0 Å². The predicted octanol–water partition coefficient (Wildman–Crippen LogP) is 11.6. The second-order valence-electron chi connectivity index (χ2n) is 12.3. The highest BCUT2D eigenvalue weighted by Gasteiger charge is 2.23. The number of hydrogen-bond acceptors (Lipinski definition) is 5. The molecule has 0 saturated carbocycles. The Morgan fingerprint density at radius 2 is 1.19 bits per heavy atom. The highest BCUT2D eigenvalue weighted by Crippen LogP contribution is 2.43. The van der Waals surface area contributed by atoms with E-state index in [2.05, 4.69) is 97.1 Å². The number of fused-ring (bicyclic) bond motifs is 7. The van der Waals surface area contributed by atoms with Crippen LogP contribution in [0.25, 0.3) is 94.1 Å². The molecule has 226 valence electrons. The summed E-state index contributed by atoms with van der Waals surface area (Å²) in [5.41, 5.74) is 8.17. The molecule has 0 unspecified atom stereocenters. The van der Waals surface area contributed by atoms with Crippen LogP contribution in [0.5, 0.6) is 0 Å². The van der Waals surface area contributed by atoms with E-state index < -0.39 is 0 Å². The summed E-state index contributed by atoms with van der Waals surface area (Å²) >= 11 is 0. The van der Waals surface area contributed by atoms with Crippen molar-refractivity contribution in [3.63, 3.8) is 0 Å². The monoisotopic (exact) mass is 617 g/mol. The second-order valence-corrected chi connectivity index (χ2v) is 12.3. The average molecular weight is 618 g/mol. The highest BCUT2D eigenvalue weighted by atomic mass is 16.3. The molecule has 0 bridgehead atoms. The molecule has 5 heteroatoms. The van der Waals surface area contributed by atoms with Crippen LogP contribution < -0.4 is 0 Å². The van der Waals surface area contributed by atoms with Crippen molar-refractivity contribution >= 4 is 60.2 Å². The van der Waals surface area contributed by atoms with Gasteiger partial charge in [-0.3, -0.25) is 0 Å². The van der Waals surface area contributed by atoms with E-state index >= 15 is 0 Å². The fourth-order valence-corrected chi connectivity index (χ4v) is 7.04. The van der Waals surface area contributed by atoms with Crippen LogP contribution in [0, 0.1) is 0 Å². The first kappa shape index (κ1) is 26.8. The van der Waals surface area contributed by atoms with E-state index in [9.17, 15) is 0 Å². The Labute approximate surface area is 275 Å². The zero-order valence-corrected chi connectivity index (χ0v) is 25.9. The lowest BCUT2D eigenvalue weighted by Crippen LogP contribution is -2.04. The van der Waals surface area contributed by atoms with Crippen LogP contribution in [0.1, 0.15) is 18.7 Å². The number of aromatic nitrogens is 3. The Kier molecular flexibility index (Phi) is 5.93. The van der Waals surface area contributed by atoms with Crippen LogP contribution in [0.2, 0.25) is 0 Å². The summed E-state index contributed by atoms with van der Waals surface area (Å²) in [7, 11) is 0. The molecule has 3 heterocycles. The maximum atomic E-state index is 6.41. The topological polar surface area (TPSA) is 65.0 Å². The summed E-state index contributed by atoms with van der Waals surface area (Å²) in [6.45, 7) is 0. The van der Waals surface area contributed by atoms with E-state index in [0.717, 1.165) is 84.5 Å². The van der Waals surface area contributed by atoms with Gasteiger partial charge in [0.15, 0.2) is 17.5 Å². The maximum Gasteiger partial charge on any atom is 0.165 e. The van der Waals surface area contributed by atoms with Crippen LogP contribution in [0.4, 0.5) is 0 Å². The van der Waals surface area contributed by atoms with E-state index in [4.69, 9.17) is 23.8 Å². The molecule has 0 saturated heterocycles. The fraction of sp³-hybridized carbons (Fsp3) is 0.0465. The molecule has 0 aliphatic heterocycles. The summed E-state index contributed by atoms with van der Waals surface area (Å²) in [5.74, 6) is 1.83. The zero-order valence-electron chi connectivity index (χ0n) is 25.9. The third-order valence-electron chi connectivity index (χ3n) is 9.35. The Hall–Kier alpha value is -6.33. The van der Waals surface area contributed by atoms with Crippen molar-refractivity contribution in [2.24, 2.45) is 0 Å². The number of para-hydroxylation sites is 2. The third kappa shape index (κ3) is 4.28. The van der Waals surface area contributed by atoms with Gasteiger partial charge in [0, 0.05) is 38.2 Å². The van der Waals surface area contributed by atoms with Crippen LogP contribution in [-0.4, -0.2) is 15.0 Å². The average Bonchev–Trinajstić information content (AvgIpc) is 3.72. The fourth-order valence-electron chi connectivity index (χ4n) is 7.04. The first-order chi connectivity index (χ1) is 23.8. The van der Waals surface area contributed by atoms with Crippen molar-refractivity contribution in [1.82, 2.24) is 15.0 Å². The van der Waals surface area contributed by atoms with Gasteiger partial charge in [-0.05, 0) is 77.2 Å². The van der Waals surface area contributed by atoms with Crippen LogP contribution in [0.3, 0.4) is 0 Å². The largest absolute Gasteiger partial charge is 0.456 e. The van der Waals surface area contributed by atoms with Crippen molar-refractivity contribution in [2.75, 3.05) is 0 Å². The molecular formula is C43H27N3O2. The molecule has 3 aromatic heterocycles. The second kappa shape index (κ2) is 10.6. The molecule has 1 aliphatic carbocycles. The quantitative estimate of drug-likeness (QED) is 0.197. The molecule has 0 amide bonds. The highest BCUT2D eigenvalue weighted by molar-refractivity contribution is 6.15. The molecule has 1 aliphatic rings. The Bertz CT molecular complexity index is 2800. The Morgan fingerprint density at radius 3 is 2.06 bits per heavy atom. The molecule has 0 fully saturated rings. The van der Waals surface area contributed by atoms with Crippen molar-refractivity contribution in [1.29, 1.82) is 0 Å². The van der Waals surface area contributed by atoms with Crippen LogP contribution >= 0.6 is 0 Å². The summed E-state index contributed by atoms with van der Waals surface area (Å²) in [4.78, 5) is 15.6. The van der Waals surface area contributed by atoms with Gasteiger partial charge in [-0.1, -0.05) is 97.1 Å². The van der Waals surface area contributed by atoms with E-state index in [1.54, 1.807) is 0 Å². The molecule has 0 N–H and O–H groups in total. The van der Waals surface area contributed by atoms with Crippen molar-refractivity contribution in [3.05, 3.63) is 145 Å². The SMILES string of the molecule is C1=CC(c2nc(-c3ccc4c(c3)oc3ccccc34)nc(-c3c(-c4ccc5ccccc5c4)ccc4oc5ccccc5c34)n2)=CCC1. The number of benzene rings is 6. The maximum absolute atomic E-state index is 6.41. The third-order valence-corrected chi connectivity index (χ3v) is 9.35. The zero-order chi connectivity index (χ0) is 31.6. The number of rotatable bonds is 4. The minimum atomic E-state index is 0.589. The van der Waals surface area contributed by atoms with Gasteiger partial charge in [-0.25, -0.2) is 15.0 Å². The summed E-state index contributed by atoms with van der Waals surface area (Å²) in [6, 6.07) is 41.8. The van der Waals surface area contributed by atoms with E-state index in [1.165, 1.54) is 10.8 Å². The number of allylic oxidation sites excluding steroid dienone is 4. The molecule has 0 atom stereocenters. The van der Waals surface area contributed by atoms with Crippen LogP contribution in [0.15, 0.2) is 148 Å².